The van der Waals surface area contributed by atoms with Crippen molar-refractivity contribution in [3.8, 4) is 0 Å². The molecule has 0 radical (unpaired) electrons. The number of carbonyl (C=O) groups excluding carboxylic acids is 2. The fourth-order valence-electron chi connectivity index (χ4n) is 4.73. The predicted octanol–water partition coefficient (Wildman–Crippen LogP) is 5.37. The lowest BCUT2D eigenvalue weighted by Crippen LogP contribution is -2.54. The molecule has 35 heavy (non-hydrogen) atoms. The number of amides is 2. The Morgan fingerprint density at radius 3 is 2.69 bits per heavy atom. The second-order valence-electron chi connectivity index (χ2n) is 10.4. The first-order valence-corrected chi connectivity index (χ1v) is 12.8. The summed E-state index contributed by atoms with van der Waals surface area (Å²) in [5, 5.41) is 1.27. The zero-order chi connectivity index (χ0) is 25.8. The highest BCUT2D eigenvalue weighted by Gasteiger charge is 2.36. The largest absolute Gasteiger partial charge is 0.444 e. The third kappa shape index (κ3) is 6.47. The van der Waals surface area contributed by atoms with E-state index in [0.717, 1.165) is 36.6 Å². The maximum Gasteiger partial charge on any atom is 0.410 e. The van der Waals surface area contributed by atoms with Crippen molar-refractivity contribution in [1.29, 1.82) is 0 Å². The van der Waals surface area contributed by atoms with Crippen LogP contribution in [-0.2, 0) is 16.0 Å². The van der Waals surface area contributed by atoms with Crippen molar-refractivity contribution in [1.82, 2.24) is 19.4 Å². The fraction of sp³-hybridized carbons (Fsp3) is 0.654. The van der Waals surface area contributed by atoms with Gasteiger partial charge in [0.05, 0.1) is 22.8 Å². The molecule has 0 spiro atoms. The molecule has 3 rings (SSSR count). The summed E-state index contributed by atoms with van der Waals surface area (Å²) in [6.07, 6.45) is 6.46. The second-order valence-corrected chi connectivity index (χ2v) is 10.8. The number of likely N-dealkylation sites (tertiary alicyclic amines) is 1. The number of piperidine rings is 1. The van der Waals surface area contributed by atoms with Crippen LogP contribution in [0.4, 0.5) is 4.79 Å². The van der Waals surface area contributed by atoms with Gasteiger partial charge >= 0.3 is 6.09 Å². The number of aromatic nitrogens is 2. The van der Waals surface area contributed by atoms with Crippen molar-refractivity contribution in [3.63, 3.8) is 0 Å². The molecule has 1 aliphatic heterocycles. The smallest absolute Gasteiger partial charge is 0.410 e. The van der Waals surface area contributed by atoms with Crippen LogP contribution in [0.3, 0.4) is 0 Å². The van der Waals surface area contributed by atoms with E-state index in [0.29, 0.717) is 37.0 Å². The third-order valence-electron chi connectivity index (χ3n) is 6.22. The maximum atomic E-state index is 14.1. The molecule has 194 valence electrons. The number of hydrogen-bond acceptors (Lipinski definition) is 5. The van der Waals surface area contributed by atoms with Gasteiger partial charge in [-0.25, -0.2) is 4.79 Å². The maximum absolute atomic E-state index is 14.1. The number of rotatable bonds is 8. The van der Waals surface area contributed by atoms with Gasteiger partial charge in [0, 0.05) is 51.0 Å². The van der Waals surface area contributed by atoms with E-state index < -0.39 is 5.60 Å². The minimum atomic E-state index is -0.567. The van der Waals surface area contributed by atoms with Crippen LogP contribution < -0.4 is 0 Å². The van der Waals surface area contributed by atoms with E-state index in [-0.39, 0.29) is 24.1 Å². The minimum absolute atomic E-state index is 0.0692. The lowest BCUT2D eigenvalue weighted by molar-refractivity contribution is 0.00733. The van der Waals surface area contributed by atoms with Crippen molar-refractivity contribution in [2.24, 2.45) is 0 Å². The Labute approximate surface area is 213 Å². The van der Waals surface area contributed by atoms with Crippen LogP contribution in [0, 0.1) is 0 Å². The first-order chi connectivity index (χ1) is 16.5. The highest BCUT2D eigenvalue weighted by Crippen LogP contribution is 2.33. The van der Waals surface area contributed by atoms with Crippen LogP contribution in [-0.4, -0.2) is 75.8 Å². The topological polar surface area (TPSA) is 76.9 Å². The van der Waals surface area contributed by atoms with Crippen molar-refractivity contribution < 1.29 is 19.1 Å². The van der Waals surface area contributed by atoms with Gasteiger partial charge < -0.3 is 23.8 Å². The lowest BCUT2D eigenvalue weighted by atomic mass is 10.0. The summed E-state index contributed by atoms with van der Waals surface area (Å²) in [4.78, 5) is 34.8. The van der Waals surface area contributed by atoms with Crippen molar-refractivity contribution in [2.75, 3.05) is 26.8 Å². The molecule has 8 nitrogen and oxygen atoms in total. The number of pyridine rings is 1. The molecule has 9 heteroatoms. The van der Waals surface area contributed by atoms with Crippen LogP contribution in [0.1, 0.15) is 70.8 Å². The minimum Gasteiger partial charge on any atom is -0.444 e. The van der Waals surface area contributed by atoms with Crippen LogP contribution in [0.2, 0.25) is 5.02 Å². The van der Waals surface area contributed by atoms with Crippen LogP contribution >= 0.6 is 11.6 Å². The van der Waals surface area contributed by atoms with Gasteiger partial charge in [0.25, 0.3) is 5.91 Å². The number of carbonyl (C=O) groups is 2. The van der Waals surface area contributed by atoms with Crippen LogP contribution in [0.5, 0.6) is 0 Å². The van der Waals surface area contributed by atoms with Gasteiger partial charge in [-0.1, -0.05) is 11.6 Å². The van der Waals surface area contributed by atoms with Gasteiger partial charge in [0.1, 0.15) is 11.3 Å². The summed E-state index contributed by atoms with van der Waals surface area (Å²) in [5.41, 5.74) is 0.763. The van der Waals surface area contributed by atoms with E-state index in [1.165, 1.54) is 0 Å². The first kappa shape index (κ1) is 27.3. The van der Waals surface area contributed by atoms with Gasteiger partial charge in [0.15, 0.2) is 0 Å². The monoisotopic (exact) mass is 506 g/mol. The normalized spacial score (nSPS) is 16.7. The third-order valence-corrected chi connectivity index (χ3v) is 6.60. The summed E-state index contributed by atoms with van der Waals surface area (Å²) >= 11 is 6.83. The quantitative estimate of drug-likeness (QED) is 0.450. The van der Waals surface area contributed by atoms with Gasteiger partial charge in [-0.2, -0.15) is 0 Å². The Balaban J connectivity index is 1.92. The summed E-state index contributed by atoms with van der Waals surface area (Å²) in [7, 11) is 1.69. The number of nitrogens with zero attached hydrogens (tertiary/aromatic N) is 4. The Morgan fingerprint density at radius 1 is 1.29 bits per heavy atom. The van der Waals surface area contributed by atoms with Crippen LogP contribution in [0.25, 0.3) is 10.9 Å². The molecule has 2 aromatic heterocycles. The number of halogens is 1. The standard InChI is InChI=1S/C26H39ClN4O4/c1-18(2)31(19-10-9-13-29(17-19)25(33)35-26(3,4)5)24(32)23-22(27)20-11-12-28-16-21(20)30(23)14-7-8-15-34-6/h11-12,16,18-19H,7-10,13-15,17H2,1-6H3/t19-/m1/s1. The molecule has 0 saturated carbocycles. The molecular formula is C26H39ClN4O4. The van der Waals surface area contributed by atoms with Crippen LogP contribution in [0.15, 0.2) is 18.5 Å². The zero-order valence-electron chi connectivity index (χ0n) is 21.8. The number of unbranched alkanes of at least 4 members (excludes halogenated alkanes) is 1. The fourth-order valence-corrected chi connectivity index (χ4v) is 5.07. The Hall–Kier alpha value is -2.32. The Kier molecular flexibility index (Phi) is 9.05. The molecule has 0 aromatic carbocycles. The number of fused-ring (bicyclic) bond motifs is 1. The molecule has 0 N–H and O–H groups in total. The van der Waals surface area contributed by atoms with Gasteiger partial charge in [-0.15, -0.1) is 0 Å². The summed E-state index contributed by atoms with van der Waals surface area (Å²) in [6.45, 7) is 11.9. The molecule has 0 unspecified atom stereocenters. The van der Waals surface area contributed by atoms with Gasteiger partial charge in [0.2, 0.25) is 0 Å². The van der Waals surface area contributed by atoms with Gasteiger partial charge in [-0.05, 0) is 66.4 Å². The highest BCUT2D eigenvalue weighted by atomic mass is 35.5. The van der Waals surface area contributed by atoms with Crippen molar-refractivity contribution in [3.05, 3.63) is 29.2 Å². The van der Waals surface area contributed by atoms with E-state index in [9.17, 15) is 9.59 Å². The number of methoxy groups -OCH3 is 1. The SMILES string of the molecule is COCCCCn1c(C(=O)N(C(C)C)[C@@H]2CCCN(C(=O)OC(C)(C)C)C2)c(Cl)c2ccncc21. The molecule has 2 aromatic rings. The summed E-state index contributed by atoms with van der Waals surface area (Å²) < 4.78 is 12.8. The van der Waals surface area contributed by atoms with Gasteiger partial charge in [-0.3, -0.25) is 9.78 Å². The average Bonchev–Trinajstić information content (AvgIpc) is 3.07. The molecule has 2 amide bonds. The molecule has 0 aliphatic carbocycles. The summed E-state index contributed by atoms with van der Waals surface area (Å²) in [5.74, 6) is -0.121. The average molecular weight is 507 g/mol. The predicted molar refractivity (Wildman–Crippen MR) is 138 cm³/mol. The lowest BCUT2D eigenvalue weighted by Gasteiger charge is -2.41. The second kappa shape index (κ2) is 11.6. The zero-order valence-corrected chi connectivity index (χ0v) is 22.6. The molecule has 1 atom stereocenters. The van der Waals surface area contributed by atoms with Crippen molar-refractivity contribution in [2.45, 2.75) is 84.5 Å². The first-order valence-electron chi connectivity index (χ1n) is 12.5. The van der Waals surface area contributed by atoms with E-state index in [1.54, 1.807) is 24.4 Å². The van der Waals surface area contributed by atoms with Crippen molar-refractivity contribution >= 4 is 34.5 Å². The molecule has 0 bridgehead atoms. The van der Waals surface area contributed by atoms with E-state index >= 15 is 0 Å². The van der Waals surface area contributed by atoms with E-state index in [1.807, 2.05) is 50.2 Å². The molecule has 1 saturated heterocycles. The number of hydrogen-bond donors (Lipinski definition) is 0. The molecule has 1 aliphatic rings. The molecular weight excluding hydrogens is 468 g/mol. The highest BCUT2D eigenvalue weighted by molar-refractivity contribution is 6.38. The Bertz CT molecular complexity index is 1030. The molecule has 3 heterocycles. The summed E-state index contributed by atoms with van der Waals surface area (Å²) in [6, 6.07) is 1.66. The number of ether oxygens (including phenoxy) is 2. The Morgan fingerprint density at radius 2 is 2.03 bits per heavy atom. The molecule has 1 fully saturated rings. The van der Waals surface area contributed by atoms with E-state index in [2.05, 4.69) is 4.98 Å². The number of aryl methyl sites for hydroxylation is 1. The van der Waals surface area contributed by atoms with E-state index in [4.69, 9.17) is 21.1 Å².